The minimum absolute atomic E-state index is 0.155. The summed E-state index contributed by atoms with van der Waals surface area (Å²) in [6.07, 6.45) is 8.84. The van der Waals surface area contributed by atoms with E-state index in [-0.39, 0.29) is 30.4 Å². The fourth-order valence-electron chi connectivity index (χ4n) is 6.15. The van der Waals surface area contributed by atoms with Gasteiger partial charge in [0.2, 0.25) is 0 Å². The van der Waals surface area contributed by atoms with E-state index in [0.29, 0.717) is 0 Å². The third kappa shape index (κ3) is 5.81. The van der Waals surface area contributed by atoms with Gasteiger partial charge in [-0.3, -0.25) is 4.90 Å². The van der Waals surface area contributed by atoms with Crippen molar-refractivity contribution in [2.24, 2.45) is 0 Å². The number of ether oxygens (including phenoxy) is 3. The largest absolute Gasteiger partial charge is 0.490 e. The molecule has 1 amide bonds. The Labute approximate surface area is 197 Å². The quantitative estimate of drug-likeness (QED) is 0.667. The summed E-state index contributed by atoms with van der Waals surface area (Å²) in [5.74, 6) is 0.965. The monoisotopic (exact) mass is 458 g/mol. The fraction of sp³-hybridized carbons (Fsp3) is 0.731. The fourth-order valence-corrected chi connectivity index (χ4v) is 6.15. The van der Waals surface area contributed by atoms with E-state index in [2.05, 4.69) is 29.2 Å². The first-order chi connectivity index (χ1) is 16.1. The van der Waals surface area contributed by atoms with Gasteiger partial charge in [0.1, 0.15) is 5.75 Å². The molecule has 182 valence electrons. The number of morpholine rings is 1. The predicted molar refractivity (Wildman–Crippen MR) is 125 cm³/mol. The maximum Gasteiger partial charge on any atom is 0.407 e. The lowest BCUT2D eigenvalue weighted by atomic mass is 9.93. The molecule has 7 nitrogen and oxygen atoms in total. The molecule has 1 aromatic rings. The van der Waals surface area contributed by atoms with E-state index in [1.54, 1.807) is 4.90 Å². The molecule has 1 aliphatic carbocycles. The lowest BCUT2D eigenvalue weighted by Gasteiger charge is -2.39. The zero-order valence-electron chi connectivity index (χ0n) is 19.6. The van der Waals surface area contributed by atoms with E-state index < -0.39 is 6.09 Å². The van der Waals surface area contributed by atoms with Crippen LogP contribution in [0.5, 0.6) is 5.75 Å². The van der Waals surface area contributed by atoms with E-state index in [1.165, 1.54) is 5.56 Å². The van der Waals surface area contributed by atoms with E-state index in [1.807, 2.05) is 0 Å². The van der Waals surface area contributed by atoms with E-state index in [0.717, 1.165) is 96.4 Å². The highest BCUT2D eigenvalue weighted by molar-refractivity contribution is 5.66. The van der Waals surface area contributed by atoms with Gasteiger partial charge in [0, 0.05) is 31.7 Å². The van der Waals surface area contributed by atoms with Gasteiger partial charge in [-0.15, -0.1) is 0 Å². The summed E-state index contributed by atoms with van der Waals surface area (Å²) in [4.78, 5) is 15.6. The lowest BCUT2D eigenvalue weighted by Crippen LogP contribution is -2.48. The molecule has 33 heavy (non-hydrogen) atoms. The Bertz CT molecular complexity index is 759. The molecule has 4 fully saturated rings. The maximum atomic E-state index is 11.5. The second-order valence-corrected chi connectivity index (χ2v) is 10.2. The summed E-state index contributed by atoms with van der Waals surface area (Å²) in [5.41, 5.74) is 1.36. The van der Waals surface area contributed by atoms with Gasteiger partial charge in [0.25, 0.3) is 0 Å². The summed E-state index contributed by atoms with van der Waals surface area (Å²) >= 11 is 0. The topological polar surface area (TPSA) is 71.5 Å². The highest BCUT2D eigenvalue weighted by atomic mass is 16.5. The van der Waals surface area contributed by atoms with Crippen LogP contribution in [0.4, 0.5) is 4.79 Å². The first-order valence-corrected chi connectivity index (χ1v) is 12.9. The van der Waals surface area contributed by atoms with Gasteiger partial charge in [0.15, 0.2) is 0 Å². The molecule has 3 heterocycles. The van der Waals surface area contributed by atoms with Crippen molar-refractivity contribution in [3.05, 3.63) is 29.8 Å². The minimum Gasteiger partial charge on any atom is -0.490 e. The number of rotatable bonds is 7. The van der Waals surface area contributed by atoms with Gasteiger partial charge >= 0.3 is 6.09 Å². The van der Waals surface area contributed by atoms with Crippen LogP contribution in [0.25, 0.3) is 0 Å². The van der Waals surface area contributed by atoms with Gasteiger partial charge in [-0.1, -0.05) is 12.1 Å². The normalized spacial score (nSPS) is 32.6. The van der Waals surface area contributed by atoms with Crippen molar-refractivity contribution in [1.82, 2.24) is 9.80 Å². The van der Waals surface area contributed by atoms with Crippen molar-refractivity contribution in [1.29, 1.82) is 0 Å². The van der Waals surface area contributed by atoms with Crippen LogP contribution in [0.3, 0.4) is 0 Å². The second kappa shape index (κ2) is 10.6. The summed E-state index contributed by atoms with van der Waals surface area (Å²) in [6.45, 7) is 4.87. The van der Waals surface area contributed by atoms with Crippen LogP contribution < -0.4 is 4.74 Å². The number of carboxylic acid groups (broad SMARTS) is 1. The van der Waals surface area contributed by atoms with Crippen LogP contribution in [0, 0.1) is 0 Å². The van der Waals surface area contributed by atoms with Crippen LogP contribution in [0.1, 0.15) is 56.9 Å². The Kier molecular flexibility index (Phi) is 7.38. The third-order valence-electron chi connectivity index (χ3n) is 7.96. The smallest absolute Gasteiger partial charge is 0.407 e. The second-order valence-electron chi connectivity index (χ2n) is 10.2. The van der Waals surface area contributed by atoms with Crippen LogP contribution in [-0.4, -0.2) is 84.2 Å². The molecular formula is C26H38N2O5. The third-order valence-corrected chi connectivity index (χ3v) is 7.96. The maximum absolute atomic E-state index is 11.5. The highest BCUT2D eigenvalue weighted by Crippen LogP contribution is 2.38. The van der Waals surface area contributed by atoms with Crippen LogP contribution in [0.15, 0.2) is 24.3 Å². The summed E-state index contributed by atoms with van der Waals surface area (Å²) in [6, 6.07) is 8.93. The number of benzene rings is 1. The molecule has 5 rings (SSSR count). The molecule has 3 aliphatic heterocycles. The molecule has 1 saturated carbocycles. The standard InChI is InChI=1S/C26H38N2O5/c29-26(30)28-20-3-4-21(28)18-25(17-20)33-24-9-7-23(8-10-24)32-22-5-1-19(2-6-22)11-12-27-13-15-31-16-14-27/h1-2,5-6,20-21,23-25H,3-4,7-18H2,(H,29,30)/t20-,21?,23?,24?,25?/m1/s1. The van der Waals surface area contributed by atoms with Crippen molar-refractivity contribution in [2.45, 2.75) is 88.2 Å². The Morgan fingerprint density at radius 1 is 0.909 bits per heavy atom. The van der Waals surface area contributed by atoms with Gasteiger partial charge in [0.05, 0.1) is 31.5 Å². The van der Waals surface area contributed by atoms with E-state index >= 15 is 0 Å². The summed E-state index contributed by atoms with van der Waals surface area (Å²) in [7, 11) is 0. The zero-order chi connectivity index (χ0) is 22.6. The highest BCUT2D eigenvalue weighted by Gasteiger charge is 2.44. The number of carbonyl (C=O) groups is 1. The molecule has 3 saturated heterocycles. The molecule has 4 aliphatic rings. The number of fused-ring (bicyclic) bond motifs is 2. The number of nitrogens with zero attached hydrogens (tertiary/aromatic N) is 2. The molecule has 0 radical (unpaired) electrons. The first kappa shape index (κ1) is 22.9. The minimum atomic E-state index is -0.760. The lowest BCUT2D eigenvalue weighted by molar-refractivity contribution is -0.0763. The van der Waals surface area contributed by atoms with Gasteiger partial charge < -0.3 is 24.2 Å². The average Bonchev–Trinajstić information content (AvgIpc) is 3.12. The average molecular weight is 459 g/mol. The SMILES string of the molecule is O=C(O)N1C2CC[C@@H]1CC(OC1CCC(Oc3ccc(CCN4CCOCC4)cc3)CC1)C2. The number of amides is 1. The molecule has 1 aromatic carbocycles. The molecule has 7 heteroatoms. The van der Waals surface area contributed by atoms with Gasteiger partial charge in [-0.25, -0.2) is 4.79 Å². The summed E-state index contributed by atoms with van der Waals surface area (Å²) < 4.78 is 18.1. The van der Waals surface area contributed by atoms with Crippen LogP contribution in [-0.2, 0) is 15.9 Å². The van der Waals surface area contributed by atoms with E-state index in [9.17, 15) is 9.90 Å². The number of piperidine rings is 1. The van der Waals surface area contributed by atoms with Crippen molar-refractivity contribution in [2.75, 3.05) is 32.8 Å². The molecular weight excluding hydrogens is 420 g/mol. The molecule has 1 N–H and O–H groups in total. The molecule has 2 bridgehead atoms. The molecule has 0 aromatic heterocycles. The van der Waals surface area contributed by atoms with Crippen molar-refractivity contribution in [3.63, 3.8) is 0 Å². The summed E-state index contributed by atoms with van der Waals surface area (Å²) in [5, 5.41) is 9.44. The Hall–Kier alpha value is -1.83. The van der Waals surface area contributed by atoms with Crippen molar-refractivity contribution in [3.8, 4) is 5.75 Å². The molecule has 2 unspecified atom stereocenters. The Morgan fingerprint density at radius 3 is 2.18 bits per heavy atom. The predicted octanol–water partition coefficient (Wildman–Crippen LogP) is 3.94. The first-order valence-electron chi connectivity index (χ1n) is 12.9. The Morgan fingerprint density at radius 2 is 1.55 bits per heavy atom. The molecule has 0 spiro atoms. The van der Waals surface area contributed by atoms with E-state index in [4.69, 9.17) is 14.2 Å². The molecule has 3 atom stereocenters. The van der Waals surface area contributed by atoms with Crippen LogP contribution >= 0.6 is 0 Å². The number of hydrogen-bond acceptors (Lipinski definition) is 5. The van der Waals surface area contributed by atoms with Crippen molar-refractivity contribution < 1.29 is 24.1 Å². The number of hydrogen-bond donors (Lipinski definition) is 1. The van der Waals surface area contributed by atoms with Gasteiger partial charge in [-0.2, -0.15) is 0 Å². The van der Waals surface area contributed by atoms with Crippen molar-refractivity contribution >= 4 is 6.09 Å². The van der Waals surface area contributed by atoms with Crippen LogP contribution in [0.2, 0.25) is 0 Å². The zero-order valence-corrected chi connectivity index (χ0v) is 19.6. The Balaban J connectivity index is 1.02. The van der Waals surface area contributed by atoms with Gasteiger partial charge in [-0.05, 0) is 75.5 Å².